The molecule has 0 amide bonds. The quantitative estimate of drug-likeness (QED) is 0.608. The average molecular weight is 419 g/mol. The van der Waals surface area contributed by atoms with Crippen LogP contribution in [-0.4, -0.2) is 13.4 Å². The first-order valence-electron chi connectivity index (χ1n) is 6.25. The second kappa shape index (κ2) is 6.06. The summed E-state index contributed by atoms with van der Waals surface area (Å²) in [6.07, 6.45) is 1.29. The van der Waals surface area contributed by atoms with Crippen molar-refractivity contribution in [3.8, 4) is 11.3 Å². The molecule has 0 radical (unpaired) electrons. The fraction of sp³-hybridized carbons (Fsp3) is 0. The molecule has 9 heteroatoms. The lowest BCUT2D eigenvalue weighted by molar-refractivity contribution is 0.592. The Kier molecular flexibility index (Phi) is 4.26. The maximum Gasteiger partial charge on any atom is 0.263 e. The predicted molar refractivity (Wildman–Crippen MR) is 89.0 cm³/mol. The van der Waals surface area contributed by atoms with Gasteiger partial charge in [-0.05, 0) is 39.5 Å². The predicted octanol–water partition coefficient (Wildman–Crippen LogP) is 4.58. The summed E-state index contributed by atoms with van der Waals surface area (Å²) in [5, 5.41) is 3.72. The topological polar surface area (TPSA) is 62.0 Å². The van der Waals surface area contributed by atoms with E-state index in [1.807, 2.05) is 21.5 Å². The minimum absolute atomic E-state index is 0.0681. The summed E-state index contributed by atoms with van der Waals surface area (Å²) in [7, 11) is -4.04. The summed E-state index contributed by atoms with van der Waals surface area (Å²) >= 11 is 4.31. The fourth-order valence-corrected chi connectivity index (χ4v) is 3.94. The van der Waals surface area contributed by atoms with Crippen molar-refractivity contribution in [3.05, 3.63) is 57.3 Å². The zero-order valence-electron chi connectivity index (χ0n) is 11.3. The van der Waals surface area contributed by atoms with Crippen LogP contribution < -0.4 is 4.72 Å². The molecule has 0 aliphatic rings. The number of benzene rings is 1. The van der Waals surface area contributed by atoms with Gasteiger partial charge in [0.05, 0.1) is 10.2 Å². The number of aromatic amines is 1. The molecule has 0 bridgehead atoms. The van der Waals surface area contributed by atoms with E-state index in [0.29, 0.717) is 5.69 Å². The number of hydrogen-bond donors (Lipinski definition) is 2. The zero-order chi connectivity index (χ0) is 16.6. The van der Waals surface area contributed by atoms with Crippen molar-refractivity contribution in [1.82, 2.24) is 4.98 Å². The molecule has 23 heavy (non-hydrogen) atoms. The molecule has 0 aliphatic carbocycles. The Bertz CT molecular complexity index is 953. The third-order valence-electron chi connectivity index (χ3n) is 3.05. The van der Waals surface area contributed by atoms with Crippen molar-refractivity contribution in [1.29, 1.82) is 0 Å². The lowest BCUT2D eigenvalue weighted by Crippen LogP contribution is -2.13. The first-order chi connectivity index (χ1) is 10.9. The SMILES string of the molecule is O=S(=O)(Nc1cc(F)c(Br)cc1F)c1c[nH]c(-c2ccsc2)c1. The first kappa shape index (κ1) is 16.2. The average Bonchev–Trinajstić information content (AvgIpc) is 3.15. The zero-order valence-corrected chi connectivity index (χ0v) is 14.5. The van der Waals surface area contributed by atoms with Gasteiger partial charge in [0.15, 0.2) is 0 Å². The number of H-pyrrole nitrogens is 1. The van der Waals surface area contributed by atoms with E-state index in [0.717, 1.165) is 17.7 Å². The number of anilines is 1. The van der Waals surface area contributed by atoms with Gasteiger partial charge < -0.3 is 4.98 Å². The smallest absolute Gasteiger partial charge is 0.263 e. The van der Waals surface area contributed by atoms with E-state index in [-0.39, 0.29) is 9.37 Å². The van der Waals surface area contributed by atoms with Crippen LogP contribution in [0.15, 0.2) is 50.6 Å². The number of thiophene rings is 1. The Balaban J connectivity index is 1.92. The van der Waals surface area contributed by atoms with Crippen molar-refractivity contribution in [2.75, 3.05) is 4.72 Å². The molecule has 120 valence electrons. The van der Waals surface area contributed by atoms with Crippen LogP contribution in [0.25, 0.3) is 11.3 Å². The molecule has 0 spiro atoms. The van der Waals surface area contributed by atoms with Crippen LogP contribution in [0.5, 0.6) is 0 Å². The summed E-state index contributed by atoms with van der Waals surface area (Å²) < 4.78 is 53.8. The summed E-state index contributed by atoms with van der Waals surface area (Å²) in [5.41, 5.74) is 1.01. The second-order valence-electron chi connectivity index (χ2n) is 4.61. The molecular formula is C14H9BrF2N2O2S2. The third kappa shape index (κ3) is 3.31. The van der Waals surface area contributed by atoms with Gasteiger partial charge in [0.1, 0.15) is 16.5 Å². The molecule has 4 nitrogen and oxygen atoms in total. The van der Waals surface area contributed by atoms with E-state index in [1.54, 1.807) is 0 Å². The molecule has 2 heterocycles. The molecule has 0 aliphatic heterocycles. The van der Waals surface area contributed by atoms with Gasteiger partial charge >= 0.3 is 0 Å². The van der Waals surface area contributed by atoms with E-state index in [2.05, 4.69) is 20.9 Å². The van der Waals surface area contributed by atoms with Gasteiger partial charge in [-0.1, -0.05) is 0 Å². The fourth-order valence-electron chi connectivity index (χ4n) is 1.92. The highest BCUT2D eigenvalue weighted by Crippen LogP contribution is 2.27. The lowest BCUT2D eigenvalue weighted by Gasteiger charge is -2.08. The van der Waals surface area contributed by atoms with Crippen LogP contribution in [0.3, 0.4) is 0 Å². The Morgan fingerprint density at radius 3 is 2.65 bits per heavy atom. The Morgan fingerprint density at radius 2 is 1.96 bits per heavy atom. The molecule has 3 rings (SSSR count). The van der Waals surface area contributed by atoms with E-state index in [9.17, 15) is 17.2 Å². The van der Waals surface area contributed by atoms with E-state index >= 15 is 0 Å². The summed E-state index contributed by atoms with van der Waals surface area (Å²) in [6, 6.07) is 4.91. The number of nitrogens with one attached hydrogen (secondary N) is 2. The monoisotopic (exact) mass is 418 g/mol. The van der Waals surface area contributed by atoms with Crippen LogP contribution in [0.1, 0.15) is 0 Å². The largest absolute Gasteiger partial charge is 0.360 e. The number of sulfonamides is 1. The van der Waals surface area contributed by atoms with E-state index in [1.165, 1.54) is 23.6 Å². The molecule has 0 fully saturated rings. The number of halogens is 3. The minimum Gasteiger partial charge on any atom is -0.360 e. The maximum absolute atomic E-state index is 13.8. The molecule has 0 unspecified atom stereocenters. The molecule has 0 saturated heterocycles. The van der Waals surface area contributed by atoms with Crippen molar-refractivity contribution in [3.63, 3.8) is 0 Å². The van der Waals surface area contributed by atoms with Gasteiger partial charge in [-0.2, -0.15) is 11.3 Å². The van der Waals surface area contributed by atoms with Crippen LogP contribution in [0.2, 0.25) is 0 Å². The molecule has 2 aromatic heterocycles. The molecule has 1 aromatic carbocycles. The Labute approximate surface area is 143 Å². The number of aromatic nitrogens is 1. The number of hydrogen-bond acceptors (Lipinski definition) is 3. The van der Waals surface area contributed by atoms with Gasteiger partial charge in [-0.3, -0.25) is 4.72 Å². The Morgan fingerprint density at radius 1 is 1.17 bits per heavy atom. The minimum atomic E-state index is -4.04. The van der Waals surface area contributed by atoms with Crippen LogP contribution >= 0.6 is 27.3 Å². The molecule has 3 aromatic rings. The third-order valence-corrected chi connectivity index (χ3v) is 5.69. The second-order valence-corrected chi connectivity index (χ2v) is 7.93. The summed E-state index contributed by atoms with van der Waals surface area (Å²) in [4.78, 5) is 2.78. The number of rotatable bonds is 4. The van der Waals surface area contributed by atoms with Crippen LogP contribution in [-0.2, 0) is 10.0 Å². The summed E-state index contributed by atoms with van der Waals surface area (Å²) in [5.74, 6) is -1.65. The van der Waals surface area contributed by atoms with Crippen molar-refractivity contribution in [2.45, 2.75) is 4.90 Å². The van der Waals surface area contributed by atoms with Crippen LogP contribution in [0.4, 0.5) is 14.5 Å². The van der Waals surface area contributed by atoms with E-state index < -0.39 is 27.3 Å². The van der Waals surface area contributed by atoms with Gasteiger partial charge in [0.2, 0.25) is 0 Å². The standard InChI is InChI=1S/C14H9BrF2N2O2S2/c15-10-4-12(17)14(5-11(10)16)19-23(20,21)9-3-13(18-6-9)8-1-2-22-7-8/h1-7,18-19H. The van der Waals surface area contributed by atoms with E-state index in [4.69, 9.17) is 0 Å². The van der Waals surface area contributed by atoms with Crippen molar-refractivity contribution >= 4 is 43.0 Å². The Hall–Kier alpha value is -1.71. The van der Waals surface area contributed by atoms with Crippen LogP contribution in [0, 0.1) is 11.6 Å². The highest BCUT2D eigenvalue weighted by molar-refractivity contribution is 9.10. The van der Waals surface area contributed by atoms with Crippen molar-refractivity contribution in [2.24, 2.45) is 0 Å². The first-order valence-corrected chi connectivity index (χ1v) is 9.47. The maximum atomic E-state index is 13.8. The summed E-state index contributed by atoms with van der Waals surface area (Å²) in [6.45, 7) is 0. The van der Waals surface area contributed by atoms with Gasteiger partial charge in [0, 0.05) is 28.9 Å². The highest BCUT2D eigenvalue weighted by Gasteiger charge is 2.19. The molecule has 0 saturated carbocycles. The highest BCUT2D eigenvalue weighted by atomic mass is 79.9. The van der Waals surface area contributed by atoms with Crippen molar-refractivity contribution < 1.29 is 17.2 Å². The normalized spacial score (nSPS) is 11.6. The molecular weight excluding hydrogens is 410 g/mol. The van der Waals surface area contributed by atoms with Gasteiger partial charge in [-0.15, -0.1) is 0 Å². The van der Waals surface area contributed by atoms with Gasteiger partial charge in [0.25, 0.3) is 10.0 Å². The lowest BCUT2D eigenvalue weighted by atomic mass is 10.2. The molecule has 2 N–H and O–H groups in total. The van der Waals surface area contributed by atoms with Gasteiger partial charge in [-0.25, -0.2) is 17.2 Å². The molecule has 0 atom stereocenters.